The highest BCUT2D eigenvalue weighted by molar-refractivity contribution is 6.01. The summed E-state index contributed by atoms with van der Waals surface area (Å²) in [7, 11) is 0. The number of carbonyl (C=O) groups is 3. The Morgan fingerprint density at radius 2 is 1.62 bits per heavy atom. The van der Waals surface area contributed by atoms with Crippen LogP contribution < -0.4 is 10.6 Å². The maximum absolute atomic E-state index is 12.4. The first-order valence-corrected chi connectivity index (χ1v) is 8.21. The van der Waals surface area contributed by atoms with Gasteiger partial charge in [0.2, 0.25) is 5.91 Å². The quantitative estimate of drug-likeness (QED) is 0.655. The lowest BCUT2D eigenvalue weighted by molar-refractivity contribution is -0.117. The number of rotatable bonds is 5. The standard InChI is InChI=1S/C19H18N2O5/c22-17(15-2-1-9-20-15)21-16-10-13(19(25)26)7-8-14(16)11-3-5-12(6-4-11)18(23)24/h3-8,10,15,20H,1-2,9H2,(H,21,22)(H,23,24)(H,25,26)/t15-/m1/s1. The predicted octanol–water partition coefficient (Wildman–Crippen LogP) is 2.44. The van der Waals surface area contributed by atoms with Crippen LogP contribution >= 0.6 is 0 Å². The highest BCUT2D eigenvalue weighted by Gasteiger charge is 2.23. The second-order valence-electron chi connectivity index (χ2n) is 6.09. The summed E-state index contributed by atoms with van der Waals surface area (Å²) in [6.07, 6.45) is 1.64. The molecule has 4 N–H and O–H groups in total. The molecule has 1 aliphatic rings. The van der Waals surface area contributed by atoms with E-state index in [0.717, 1.165) is 19.4 Å². The van der Waals surface area contributed by atoms with E-state index in [2.05, 4.69) is 10.6 Å². The zero-order valence-corrected chi connectivity index (χ0v) is 13.9. The molecule has 3 rings (SSSR count). The van der Waals surface area contributed by atoms with Gasteiger partial charge in [0.25, 0.3) is 0 Å². The summed E-state index contributed by atoms with van der Waals surface area (Å²) >= 11 is 0. The van der Waals surface area contributed by atoms with Crippen LogP contribution in [0.15, 0.2) is 42.5 Å². The Kier molecular flexibility index (Phi) is 4.99. The van der Waals surface area contributed by atoms with E-state index in [-0.39, 0.29) is 23.1 Å². The van der Waals surface area contributed by atoms with Crippen LogP contribution in [0.1, 0.15) is 33.6 Å². The molecule has 2 aromatic carbocycles. The van der Waals surface area contributed by atoms with Gasteiger partial charge in [-0.25, -0.2) is 9.59 Å². The fourth-order valence-corrected chi connectivity index (χ4v) is 2.95. The first-order chi connectivity index (χ1) is 12.5. The van der Waals surface area contributed by atoms with Crippen LogP contribution in [0.25, 0.3) is 11.1 Å². The van der Waals surface area contributed by atoms with E-state index in [9.17, 15) is 19.5 Å². The lowest BCUT2D eigenvalue weighted by atomic mass is 9.99. The minimum atomic E-state index is -1.09. The Morgan fingerprint density at radius 3 is 2.19 bits per heavy atom. The third kappa shape index (κ3) is 3.73. The maximum Gasteiger partial charge on any atom is 0.335 e. The molecule has 0 spiro atoms. The van der Waals surface area contributed by atoms with E-state index >= 15 is 0 Å². The van der Waals surface area contributed by atoms with Crippen molar-refractivity contribution in [3.8, 4) is 11.1 Å². The van der Waals surface area contributed by atoms with Gasteiger partial charge < -0.3 is 20.8 Å². The van der Waals surface area contributed by atoms with Crippen LogP contribution in [-0.2, 0) is 4.79 Å². The summed E-state index contributed by atoms with van der Waals surface area (Å²) in [5.41, 5.74) is 1.90. The van der Waals surface area contributed by atoms with Crippen LogP contribution in [0, 0.1) is 0 Å². The minimum Gasteiger partial charge on any atom is -0.478 e. The normalized spacial score (nSPS) is 16.2. The predicted molar refractivity (Wildman–Crippen MR) is 95.5 cm³/mol. The summed E-state index contributed by atoms with van der Waals surface area (Å²) < 4.78 is 0. The fourth-order valence-electron chi connectivity index (χ4n) is 2.95. The summed E-state index contributed by atoms with van der Waals surface area (Å²) in [5, 5.41) is 24.1. The van der Waals surface area contributed by atoms with Gasteiger partial charge in [0, 0.05) is 11.3 Å². The average molecular weight is 354 g/mol. The molecule has 1 atom stereocenters. The molecular weight excluding hydrogens is 336 g/mol. The lowest BCUT2D eigenvalue weighted by Gasteiger charge is -2.15. The largest absolute Gasteiger partial charge is 0.478 e. The first kappa shape index (κ1) is 17.6. The molecule has 0 radical (unpaired) electrons. The molecule has 7 heteroatoms. The van der Waals surface area contributed by atoms with Crippen molar-refractivity contribution in [2.24, 2.45) is 0 Å². The van der Waals surface area contributed by atoms with Crippen molar-refractivity contribution < 1.29 is 24.6 Å². The molecule has 0 saturated carbocycles. The molecule has 2 aromatic rings. The highest BCUT2D eigenvalue weighted by Crippen LogP contribution is 2.30. The van der Waals surface area contributed by atoms with Gasteiger partial charge in [-0.05, 0) is 49.2 Å². The first-order valence-electron chi connectivity index (χ1n) is 8.21. The van der Waals surface area contributed by atoms with Crippen molar-refractivity contribution in [3.63, 3.8) is 0 Å². The van der Waals surface area contributed by atoms with Crippen LogP contribution in [-0.4, -0.2) is 40.6 Å². The number of amides is 1. The van der Waals surface area contributed by atoms with Gasteiger partial charge in [0.05, 0.1) is 17.2 Å². The van der Waals surface area contributed by atoms with E-state index in [4.69, 9.17) is 5.11 Å². The van der Waals surface area contributed by atoms with Gasteiger partial charge in [0.1, 0.15) is 0 Å². The molecule has 1 amide bonds. The molecular formula is C19H18N2O5. The van der Waals surface area contributed by atoms with Crippen molar-refractivity contribution in [1.82, 2.24) is 5.32 Å². The van der Waals surface area contributed by atoms with Crippen LogP contribution in [0.4, 0.5) is 5.69 Å². The molecule has 26 heavy (non-hydrogen) atoms. The van der Waals surface area contributed by atoms with Gasteiger partial charge in [-0.15, -0.1) is 0 Å². The average Bonchev–Trinajstić information content (AvgIpc) is 3.16. The Morgan fingerprint density at radius 1 is 0.962 bits per heavy atom. The Bertz CT molecular complexity index is 855. The maximum atomic E-state index is 12.4. The van der Waals surface area contributed by atoms with Gasteiger partial charge in [0.15, 0.2) is 0 Å². The Labute approximate surface area is 149 Å². The van der Waals surface area contributed by atoms with E-state index < -0.39 is 11.9 Å². The number of carboxylic acid groups (broad SMARTS) is 2. The second-order valence-corrected chi connectivity index (χ2v) is 6.09. The third-order valence-corrected chi connectivity index (χ3v) is 4.34. The summed E-state index contributed by atoms with van der Waals surface area (Å²) in [4.78, 5) is 34.7. The zero-order valence-electron chi connectivity index (χ0n) is 13.9. The van der Waals surface area contributed by atoms with Gasteiger partial charge in [-0.3, -0.25) is 4.79 Å². The smallest absolute Gasteiger partial charge is 0.335 e. The van der Waals surface area contributed by atoms with E-state index in [0.29, 0.717) is 16.8 Å². The molecule has 1 fully saturated rings. The Hall–Kier alpha value is -3.19. The monoisotopic (exact) mass is 354 g/mol. The van der Waals surface area contributed by atoms with Crippen LogP contribution in [0.5, 0.6) is 0 Å². The molecule has 1 saturated heterocycles. The molecule has 0 aromatic heterocycles. The molecule has 134 valence electrons. The van der Waals surface area contributed by atoms with Gasteiger partial charge in [-0.2, -0.15) is 0 Å². The van der Waals surface area contributed by atoms with E-state index in [1.807, 2.05) is 0 Å². The van der Waals surface area contributed by atoms with Crippen molar-refractivity contribution in [1.29, 1.82) is 0 Å². The molecule has 0 aliphatic carbocycles. The van der Waals surface area contributed by atoms with Crippen LogP contribution in [0.2, 0.25) is 0 Å². The summed E-state index contributed by atoms with van der Waals surface area (Å²) in [6, 6.07) is 10.4. The minimum absolute atomic E-state index is 0.0607. The van der Waals surface area contributed by atoms with Crippen molar-refractivity contribution >= 4 is 23.5 Å². The summed E-state index contributed by atoms with van der Waals surface area (Å²) in [6.45, 7) is 0.775. The Balaban J connectivity index is 1.96. The number of benzene rings is 2. The second kappa shape index (κ2) is 7.37. The van der Waals surface area contributed by atoms with Gasteiger partial charge >= 0.3 is 11.9 Å². The van der Waals surface area contributed by atoms with Crippen molar-refractivity contribution in [2.45, 2.75) is 18.9 Å². The number of hydrogen-bond donors (Lipinski definition) is 4. The number of anilines is 1. The van der Waals surface area contributed by atoms with E-state index in [1.54, 1.807) is 18.2 Å². The molecule has 7 nitrogen and oxygen atoms in total. The number of carboxylic acids is 2. The SMILES string of the molecule is O=C(O)c1ccc(-c2ccc(C(=O)O)cc2NC(=O)[C@H]2CCCN2)cc1. The summed E-state index contributed by atoms with van der Waals surface area (Å²) in [5.74, 6) is -2.33. The van der Waals surface area contributed by atoms with Crippen molar-refractivity contribution in [2.75, 3.05) is 11.9 Å². The molecule has 1 heterocycles. The van der Waals surface area contributed by atoms with Crippen LogP contribution in [0.3, 0.4) is 0 Å². The van der Waals surface area contributed by atoms with Gasteiger partial charge in [-0.1, -0.05) is 18.2 Å². The lowest BCUT2D eigenvalue weighted by Crippen LogP contribution is -2.35. The number of aromatic carboxylic acids is 2. The highest BCUT2D eigenvalue weighted by atomic mass is 16.4. The molecule has 0 bridgehead atoms. The van der Waals surface area contributed by atoms with E-state index in [1.165, 1.54) is 24.3 Å². The number of nitrogens with one attached hydrogen (secondary N) is 2. The fraction of sp³-hybridized carbons (Fsp3) is 0.211. The topological polar surface area (TPSA) is 116 Å². The van der Waals surface area contributed by atoms with Crippen molar-refractivity contribution in [3.05, 3.63) is 53.6 Å². The zero-order chi connectivity index (χ0) is 18.7. The molecule has 1 aliphatic heterocycles. The third-order valence-electron chi connectivity index (χ3n) is 4.34. The number of hydrogen-bond acceptors (Lipinski definition) is 4. The number of carbonyl (C=O) groups excluding carboxylic acids is 1. The molecule has 0 unspecified atom stereocenters.